The highest BCUT2D eigenvalue weighted by Crippen LogP contribution is 2.41. The molecule has 15 heavy (non-hydrogen) atoms. The van der Waals surface area contributed by atoms with Gasteiger partial charge in [-0.1, -0.05) is 12.1 Å². The molecule has 1 aliphatic carbocycles. The van der Waals surface area contributed by atoms with E-state index in [4.69, 9.17) is 5.11 Å². The van der Waals surface area contributed by atoms with E-state index < -0.39 is 5.97 Å². The molecule has 0 saturated heterocycles. The van der Waals surface area contributed by atoms with E-state index in [-0.39, 0.29) is 12.2 Å². The summed E-state index contributed by atoms with van der Waals surface area (Å²) in [5, 5.41) is 8.50. The molecule has 80 valence electrons. The minimum atomic E-state index is -0.846. The van der Waals surface area contributed by atoms with Gasteiger partial charge in [0.1, 0.15) is 5.82 Å². The quantitative estimate of drug-likeness (QED) is 0.826. The smallest absolute Gasteiger partial charge is 0.303 e. The second-order valence-corrected chi connectivity index (χ2v) is 4.02. The zero-order chi connectivity index (χ0) is 10.8. The van der Waals surface area contributed by atoms with E-state index in [2.05, 4.69) is 0 Å². The number of carboxylic acids is 1. The molecule has 1 aromatic carbocycles. The number of aliphatic carboxylic acids is 1. The molecule has 0 heterocycles. The Morgan fingerprint density at radius 2 is 2.20 bits per heavy atom. The van der Waals surface area contributed by atoms with E-state index in [1.165, 1.54) is 6.07 Å². The van der Waals surface area contributed by atoms with Gasteiger partial charge in [-0.05, 0) is 42.4 Å². The molecule has 2 rings (SSSR count). The van der Waals surface area contributed by atoms with Crippen LogP contribution in [0.25, 0.3) is 0 Å². The van der Waals surface area contributed by atoms with Crippen molar-refractivity contribution in [3.8, 4) is 0 Å². The van der Waals surface area contributed by atoms with Crippen LogP contribution in [0, 0.1) is 5.82 Å². The lowest BCUT2D eigenvalue weighted by Gasteiger charge is -2.03. The Morgan fingerprint density at radius 1 is 1.47 bits per heavy atom. The topological polar surface area (TPSA) is 37.3 Å². The number of hydrogen-bond acceptors (Lipinski definition) is 1. The summed E-state index contributed by atoms with van der Waals surface area (Å²) in [6.07, 6.45) is 2.61. The van der Waals surface area contributed by atoms with Crippen LogP contribution in [0.5, 0.6) is 0 Å². The summed E-state index contributed by atoms with van der Waals surface area (Å²) in [5.41, 5.74) is 1.55. The fourth-order valence-electron chi connectivity index (χ4n) is 1.70. The van der Waals surface area contributed by atoms with Crippen LogP contribution in [0.15, 0.2) is 18.2 Å². The number of aryl methyl sites for hydroxylation is 1. The molecule has 0 spiro atoms. The highest BCUT2D eigenvalue weighted by atomic mass is 19.1. The lowest BCUT2D eigenvalue weighted by molar-refractivity contribution is -0.136. The Morgan fingerprint density at radius 3 is 2.73 bits per heavy atom. The monoisotopic (exact) mass is 208 g/mol. The maximum absolute atomic E-state index is 13.5. The second kappa shape index (κ2) is 4.01. The summed E-state index contributed by atoms with van der Waals surface area (Å²) in [6.45, 7) is 0. The molecule has 0 unspecified atom stereocenters. The van der Waals surface area contributed by atoms with Gasteiger partial charge in [-0.15, -0.1) is 0 Å². The summed E-state index contributed by atoms with van der Waals surface area (Å²) >= 11 is 0. The highest BCUT2D eigenvalue weighted by molar-refractivity contribution is 5.67. The van der Waals surface area contributed by atoms with Crippen LogP contribution < -0.4 is 0 Å². The van der Waals surface area contributed by atoms with Gasteiger partial charge in [-0.3, -0.25) is 4.79 Å². The molecular formula is C12H13FO2. The molecule has 1 aromatic rings. The Labute approximate surface area is 87.7 Å². The lowest BCUT2D eigenvalue weighted by atomic mass is 10.0. The first-order valence-corrected chi connectivity index (χ1v) is 5.17. The van der Waals surface area contributed by atoms with Crippen LogP contribution >= 0.6 is 0 Å². The molecule has 0 atom stereocenters. The van der Waals surface area contributed by atoms with Gasteiger partial charge in [0, 0.05) is 6.42 Å². The van der Waals surface area contributed by atoms with Gasteiger partial charge < -0.3 is 5.11 Å². The third-order valence-corrected chi connectivity index (χ3v) is 2.71. The van der Waals surface area contributed by atoms with Crippen LogP contribution in [0.1, 0.15) is 36.3 Å². The SMILES string of the molecule is O=C(O)CCc1ccc(C2CC2)c(F)c1. The number of hydrogen-bond donors (Lipinski definition) is 1. The van der Waals surface area contributed by atoms with Crippen molar-refractivity contribution in [3.63, 3.8) is 0 Å². The molecule has 0 aliphatic heterocycles. The number of carboxylic acid groups (broad SMARTS) is 1. The summed E-state index contributed by atoms with van der Waals surface area (Å²) in [7, 11) is 0. The highest BCUT2D eigenvalue weighted by Gasteiger charge is 2.26. The Kier molecular flexibility index (Phi) is 2.71. The largest absolute Gasteiger partial charge is 0.481 e. The third kappa shape index (κ3) is 2.55. The van der Waals surface area contributed by atoms with Crippen LogP contribution in [0.3, 0.4) is 0 Å². The number of benzene rings is 1. The fourth-order valence-corrected chi connectivity index (χ4v) is 1.70. The maximum Gasteiger partial charge on any atom is 0.303 e. The minimum absolute atomic E-state index is 0.0578. The molecule has 0 radical (unpaired) electrons. The summed E-state index contributed by atoms with van der Waals surface area (Å²) in [4.78, 5) is 10.3. The zero-order valence-corrected chi connectivity index (χ0v) is 8.37. The molecule has 2 nitrogen and oxygen atoms in total. The zero-order valence-electron chi connectivity index (χ0n) is 8.37. The van der Waals surface area contributed by atoms with Crippen molar-refractivity contribution in [2.24, 2.45) is 0 Å². The van der Waals surface area contributed by atoms with Gasteiger partial charge in [0.2, 0.25) is 0 Å². The molecule has 0 amide bonds. The Hall–Kier alpha value is -1.38. The predicted molar refractivity (Wildman–Crippen MR) is 54.3 cm³/mol. The average molecular weight is 208 g/mol. The van der Waals surface area contributed by atoms with Crippen molar-refractivity contribution >= 4 is 5.97 Å². The predicted octanol–water partition coefficient (Wildman–Crippen LogP) is 2.72. The molecule has 1 aliphatic rings. The van der Waals surface area contributed by atoms with Gasteiger partial charge in [0.15, 0.2) is 0 Å². The number of rotatable bonds is 4. The lowest BCUT2D eigenvalue weighted by Crippen LogP contribution is -1.98. The van der Waals surface area contributed by atoms with Crippen molar-refractivity contribution in [2.45, 2.75) is 31.6 Å². The number of carbonyl (C=O) groups is 1. The van der Waals surface area contributed by atoms with Crippen LogP contribution in [0.4, 0.5) is 4.39 Å². The Bertz CT molecular complexity index is 383. The maximum atomic E-state index is 13.5. The fraction of sp³-hybridized carbons (Fsp3) is 0.417. The van der Waals surface area contributed by atoms with Crippen molar-refractivity contribution in [3.05, 3.63) is 35.1 Å². The van der Waals surface area contributed by atoms with E-state index in [1.54, 1.807) is 6.07 Å². The van der Waals surface area contributed by atoms with Crippen LogP contribution in [0.2, 0.25) is 0 Å². The van der Waals surface area contributed by atoms with Crippen LogP contribution in [-0.2, 0) is 11.2 Å². The molecule has 1 saturated carbocycles. The van der Waals surface area contributed by atoms with Gasteiger partial charge in [-0.2, -0.15) is 0 Å². The van der Waals surface area contributed by atoms with E-state index in [9.17, 15) is 9.18 Å². The molecule has 0 bridgehead atoms. The number of halogens is 1. The molecule has 1 fully saturated rings. The van der Waals surface area contributed by atoms with Gasteiger partial charge in [-0.25, -0.2) is 4.39 Å². The van der Waals surface area contributed by atoms with Crippen molar-refractivity contribution in [1.29, 1.82) is 0 Å². The van der Waals surface area contributed by atoms with Crippen molar-refractivity contribution in [1.82, 2.24) is 0 Å². The second-order valence-electron chi connectivity index (χ2n) is 4.02. The Balaban J connectivity index is 2.07. The standard InChI is InChI=1S/C12H13FO2/c13-11-7-8(2-6-12(14)15)1-5-10(11)9-3-4-9/h1,5,7,9H,2-4,6H2,(H,14,15). The summed E-state index contributed by atoms with van der Waals surface area (Å²) < 4.78 is 13.5. The normalized spacial score (nSPS) is 15.3. The summed E-state index contributed by atoms with van der Waals surface area (Å²) in [6, 6.07) is 5.10. The molecule has 1 N–H and O–H groups in total. The van der Waals surface area contributed by atoms with Gasteiger partial charge in [0.05, 0.1) is 0 Å². The van der Waals surface area contributed by atoms with Gasteiger partial charge in [0.25, 0.3) is 0 Å². The first kappa shape index (κ1) is 10.1. The van der Waals surface area contributed by atoms with E-state index in [1.807, 2.05) is 6.07 Å². The molecule has 3 heteroatoms. The van der Waals surface area contributed by atoms with Crippen LogP contribution in [-0.4, -0.2) is 11.1 Å². The molecule has 0 aromatic heterocycles. The van der Waals surface area contributed by atoms with Crippen molar-refractivity contribution < 1.29 is 14.3 Å². The first-order valence-electron chi connectivity index (χ1n) is 5.17. The first-order chi connectivity index (χ1) is 7.16. The van der Waals surface area contributed by atoms with Gasteiger partial charge >= 0.3 is 5.97 Å². The average Bonchev–Trinajstić information content (AvgIpc) is 2.98. The van der Waals surface area contributed by atoms with Crippen molar-refractivity contribution in [2.75, 3.05) is 0 Å². The van der Waals surface area contributed by atoms with E-state index in [0.717, 1.165) is 24.0 Å². The van der Waals surface area contributed by atoms with E-state index in [0.29, 0.717) is 12.3 Å². The molecular weight excluding hydrogens is 195 g/mol. The summed E-state index contributed by atoms with van der Waals surface area (Å²) in [5.74, 6) is -0.624. The minimum Gasteiger partial charge on any atom is -0.481 e. The van der Waals surface area contributed by atoms with E-state index >= 15 is 0 Å². The third-order valence-electron chi connectivity index (χ3n) is 2.71.